The second kappa shape index (κ2) is 5.32. The molecule has 0 amide bonds. The molecule has 0 spiro atoms. The van der Waals surface area contributed by atoms with Gasteiger partial charge in [-0.05, 0) is 25.1 Å². The molecule has 0 radical (unpaired) electrons. The first-order chi connectivity index (χ1) is 11.3. The minimum atomic E-state index is -4.54. The number of ether oxygens (including phenoxy) is 1. The topological polar surface area (TPSA) is 78.5 Å². The van der Waals surface area contributed by atoms with Gasteiger partial charge in [0.25, 0.3) is 5.56 Å². The number of fused-ring (bicyclic) bond motifs is 3. The van der Waals surface area contributed by atoms with E-state index in [1.165, 1.54) is 13.1 Å². The molecule has 0 N–H and O–H groups in total. The molecule has 3 rings (SSSR count). The number of benzene rings is 1. The van der Waals surface area contributed by atoms with E-state index < -0.39 is 23.3 Å². The maximum absolute atomic E-state index is 12.9. The van der Waals surface area contributed by atoms with Crippen molar-refractivity contribution in [2.45, 2.75) is 13.1 Å². The summed E-state index contributed by atoms with van der Waals surface area (Å²) in [5.74, 6) is -0.823. The molecule has 1 aromatic carbocycles. The van der Waals surface area contributed by atoms with Crippen molar-refractivity contribution in [3.8, 4) is 0 Å². The quantitative estimate of drug-likeness (QED) is 0.665. The number of hydrogen-bond acceptors (Lipinski definition) is 5. The van der Waals surface area contributed by atoms with Crippen LogP contribution in [-0.2, 0) is 18.0 Å². The average Bonchev–Trinajstić information content (AvgIpc) is 2.96. The second-order valence-corrected chi connectivity index (χ2v) is 4.98. The average molecular weight is 340 g/mol. The summed E-state index contributed by atoms with van der Waals surface area (Å²) in [5, 5.41) is 7.36. The van der Waals surface area contributed by atoms with Crippen molar-refractivity contribution in [3.63, 3.8) is 0 Å². The Morgan fingerprint density at radius 1 is 1.29 bits per heavy atom. The van der Waals surface area contributed by atoms with Gasteiger partial charge in [-0.3, -0.25) is 4.79 Å². The summed E-state index contributed by atoms with van der Waals surface area (Å²) in [4.78, 5) is 24.3. The molecule has 0 fully saturated rings. The number of carbonyl (C=O) groups is 1. The number of rotatable bonds is 2. The molecular weight excluding hydrogens is 329 g/mol. The Balaban J connectivity index is 2.38. The van der Waals surface area contributed by atoms with Crippen LogP contribution in [0.2, 0.25) is 0 Å². The third-order valence-electron chi connectivity index (χ3n) is 3.54. The van der Waals surface area contributed by atoms with Crippen LogP contribution < -0.4 is 5.56 Å². The number of carbonyl (C=O) groups excluding carboxylic acids is 1. The lowest BCUT2D eigenvalue weighted by Gasteiger charge is -2.11. The van der Waals surface area contributed by atoms with Gasteiger partial charge in [-0.25, -0.2) is 9.31 Å². The van der Waals surface area contributed by atoms with Gasteiger partial charge in [-0.15, -0.1) is 5.10 Å². The summed E-state index contributed by atoms with van der Waals surface area (Å²) in [6.07, 6.45) is -4.54. The number of halogens is 3. The molecule has 10 heteroatoms. The standard InChI is InChI=1S/C14H11F3N4O3/c1-3-24-13(23)10-11-12(22)20(2)9-6-7(14(15,16)17)4-5-8(9)21(11)19-18-10/h4-6H,3H2,1-2H3. The van der Waals surface area contributed by atoms with Gasteiger partial charge in [0.05, 0.1) is 23.2 Å². The van der Waals surface area contributed by atoms with Gasteiger partial charge in [0, 0.05) is 7.05 Å². The van der Waals surface area contributed by atoms with E-state index in [-0.39, 0.29) is 28.9 Å². The van der Waals surface area contributed by atoms with Gasteiger partial charge in [0.1, 0.15) is 0 Å². The monoisotopic (exact) mass is 340 g/mol. The highest BCUT2D eigenvalue weighted by atomic mass is 19.4. The molecule has 0 saturated heterocycles. The van der Waals surface area contributed by atoms with E-state index in [9.17, 15) is 22.8 Å². The van der Waals surface area contributed by atoms with Gasteiger partial charge in [-0.2, -0.15) is 13.2 Å². The fourth-order valence-corrected chi connectivity index (χ4v) is 2.40. The van der Waals surface area contributed by atoms with E-state index in [0.29, 0.717) is 0 Å². The summed E-state index contributed by atoms with van der Waals surface area (Å²) in [6.45, 7) is 1.68. The summed E-state index contributed by atoms with van der Waals surface area (Å²) < 4.78 is 45.5. The number of nitrogens with zero attached hydrogens (tertiary/aromatic N) is 4. The summed E-state index contributed by atoms with van der Waals surface area (Å²) >= 11 is 0. The van der Waals surface area contributed by atoms with E-state index in [0.717, 1.165) is 21.2 Å². The number of aryl methyl sites for hydroxylation is 1. The van der Waals surface area contributed by atoms with Crippen molar-refractivity contribution >= 4 is 22.5 Å². The smallest absolute Gasteiger partial charge is 0.416 e. The lowest BCUT2D eigenvalue weighted by atomic mass is 10.2. The molecule has 2 heterocycles. The normalized spacial score (nSPS) is 12.0. The fourth-order valence-electron chi connectivity index (χ4n) is 2.40. The Bertz CT molecular complexity index is 1020. The number of alkyl halides is 3. The highest BCUT2D eigenvalue weighted by molar-refractivity contribution is 5.95. The Kier molecular flexibility index (Phi) is 3.54. The van der Waals surface area contributed by atoms with Crippen LogP contribution in [0, 0.1) is 0 Å². The summed E-state index contributed by atoms with van der Waals surface area (Å²) in [5.41, 5.74) is -1.79. The minimum Gasteiger partial charge on any atom is -0.461 e. The molecular formula is C14H11F3N4O3. The van der Waals surface area contributed by atoms with Gasteiger partial charge < -0.3 is 9.30 Å². The van der Waals surface area contributed by atoms with E-state index >= 15 is 0 Å². The molecule has 2 aromatic heterocycles. The first-order valence-corrected chi connectivity index (χ1v) is 6.88. The lowest BCUT2D eigenvalue weighted by Crippen LogP contribution is -2.22. The van der Waals surface area contributed by atoms with E-state index in [1.807, 2.05) is 0 Å². The van der Waals surface area contributed by atoms with Crippen LogP contribution >= 0.6 is 0 Å². The zero-order valence-corrected chi connectivity index (χ0v) is 12.6. The molecule has 24 heavy (non-hydrogen) atoms. The Hall–Kier alpha value is -2.91. The maximum Gasteiger partial charge on any atom is 0.416 e. The van der Waals surface area contributed by atoms with Crippen LogP contribution in [0.25, 0.3) is 16.6 Å². The van der Waals surface area contributed by atoms with Crippen molar-refractivity contribution in [3.05, 3.63) is 39.8 Å². The number of aromatic nitrogens is 4. The van der Waals surface area contributed by atoms with Crippen LogP contribution in [0.15, 0.2) is 23.0 Å². The van der Waals surface area contributed by atoms with E-state index in [1.54, 1.807) is 6.92 Å². The molecule has 0 aliphatic heterocycles. The molecule has 7 nitrogen and oxygen atoms in total. The lowest BCUT2D eigenvalue weighted by molar-refractivity contribution is -0.137. The molecule has 126 valence electrons. The second-order valence-electron chi connectivity index (χ2n) is 4.98. The van der Waals surface area contributed by atoms with Crippen LogP contribution in [0.4, 0.5) is 13.2 Å². The first-order valence-electron chi connectivity index (χ1n) is 6.88. The van der Waals surface area contributed by atoms with Gasteiger partial charge in [-0.1, -0.05) is 5.21 Å². The molecule has 3 aromatic rings. The van der Waals surface area contributed by atoms with Crippen LogP contribution in [-0.4, -0.2) is 32.0 Å². The van der Waals surface area contributed by atoms with Crippen molar-refractivity contribution in [2.75, 3.05) is 6.61 Å². The maximum atomic E-state index is 12.9. The zero-order valence-electron chi connectivity index (χ0n) is 12.6. The molecule has 0 unspecified atom stereocenters. The van der Waals surface area contributed by atoms with Crippen molar-refractivity contribution < 1.29 is 22.7 Å². The van der Waals surface area contributed by atoms with Crippen LogP contribution in [0.5, 0.6) is 0 Å². The molecule has 0 aliphatic rings. The third kappa shape index (κ3) is 2.30. The Morgan fingerprint density at radius 2 is 2.00 bits per heavy atom. The van der Waals surface area contributed by atoms with Gasteiger partial charge >= 0.3 is 12.1 Å². The molecule has 0 bridgehead atoms. The largest absolute Gasteiger partial charge is 0.461 e. The van der Waals surface area contributed by atoms with Crippen LogP contribution in [0.1, 0.15) is 23.0 Å². The molecule has 0 atom stereocenters. The minimum absolute atomic E-state index is 0.0163. The highest BCUT2D eigenvalue weighted by Crippen LogP contribution is 2.31. The van der Waals surface area contributed by atoms with Crippen molar-refractivity contribution in [1.29, 1.82) is 0 Å². The van der Waals surface area contributed by atoms with Crippen LogP contribution in [0.3, 0.4) is 0 Å². The van der Waals surface area contributed by atoms with Crippen molar-refractivity contribution in [2.24, 2.45) is 7.05 Å². The highest BCUT2D eigenvalue weighted by Gasteiger charge is 2.31. The van der Waals surface area contributed by atoms with Gasteiger partial charge in [0.2, 0.25) is 5.69 Å². The molecule has 0 saturated carbocycles. The number of hydrogen-bond donors (Lipinski definition) is 0. The molecule has 0 aliphatic carbocycles. The fraction of sp³-hybridized carbons (Fsp3) is 0.286. The predicted octanol–water partition coefficient (Wildman–Crippen LogP) is 1.78. The Labute approximate surface area is 132 Å². The summed E-state index contributed by atoms with van der Waals surface area (Å²) in [7, 11) is 1.31. The summed E-state index contributed by atoms with van der Waals surface area (Å²) in [6, 6.07) is 2.90. The zero-order chi connectivity index (χ0) is 17.6. The van der Waals surface area contributed by atoms with E-state index in [2.05, 4.69) is 10.3 Å². The van der Waals surface area contributed by atoms with Crippen molar-refractivity contribution in [1.82, 2.24) is 19.4 Å². The van der Waals surface area contributed by atoms with E-state index in [4.69, 9.17) is 4.74 Å². The number of esters is 1. The SMILES string of the molecule is CCOC(=O)c1nnn2c1c(=O)n(C)c1cc(C(F)(F)F)ccc12. The van der Waals surface area contributed by atoms with Gasteiger partial charge in [0.15, 0.2) is 5.52 Å². The Morgan fingerprint density at radius 3 is 2.62 bits per heavy atom. The first kappa shape index (κ1) is 16.0. The third-order valence-corrected chi connectivity index (χ3v) is 3.54. The predicted molar refractivity (Wildman–Crippen MR) is 76.7 cm³/mol.